The minimum Gasteiger partial charge on any atom is -0.478 e. The van der Waals surface area contributed by atoms with Gasteiger partial charge in [0.1, 0.15) is 6.54 Å². The SMILES string of the molecule is O=C(O)c1ccc(S(=O)(=O)NCC(F)(F)F)nc1. The van der Waals surface area contributed by atoms with Crippen LogP contribution in [0.25, 0.3) is 0 Å². The van der Waals surface area contributed by atoms with E-state index in [0.29, 0.717) is 0 Å². The van der Waals surface area contributed by atoms with Crippen LogP contribution in [0.1, 0.15) is 10.4 Å². The number of nitrogens with one attached hydrogen (secondary N) is 1. The number of hydrogen-bond donors (Lipinski definition) is 2. The predicted molar refractivity (Wildman–Crippen MR) is 52.4 cm³/mol. The van der Waals surface area contributed by atoms with Crippen molar-refractivity contribution in [2.24, 2.45) is 0 Å². The van der Waals surface area contributed by atoms with Crippen molar-refractivity contribution in [3.8, 4) is 0 Å². The summed E-state index contributed by atoms with van der Waals surface area (Å²) in [6, 6.07) is 1.74. The zero-order chi connectivity index (χ0) is 14.0. The fourth-order valence-corrected chi connectivity index (χ4v) is 1.86. The van der Waals surface area contributed by atoms with Crippen LogP contribution in [0.15, 0.2) is 23.4 Å². The summed E-state index contributed by atoms with van der Waals surface area (Å²) >= 11 is 0. The second kappa shape index (κ2) is 4.90. The first-order valence-corrected chi connectivity index (χ1v) is 5.86. The third kappa shape index (κ3) is 3.96. The molecule has 0 radical (unpaired) electrons. The zero-order valence-corrected chi connectivity index (χ0v) is 9.42. The molecule has 18 heavy (non-hydrogen) atoms. The summed E-state index contributed by atoms with van der Waals surface area (Å²) in [6.07, 6.45) is -3.95. The first-order valence-electron chi connectivity index (χ1n) is 4.37. The van der Waals surface area contributed by atoms with Crippen LogP contribution in [-0.4, -0.2) is 37.2 Å². The quantitative estimate of drug-likeness (QED) is 0.845. The average molecular weight is 284 g/mol. The number of nitrogens with zero attached hydrogens (tertiary/aromatic N) is 1. The molecule has 10 heteroatoms. The fourth-order valence-electron chi connectivity index (χ4n) is 0.917. The standard InChI is InChI=1S/C8H7F3N2O4S/c9-8(10,11)4-13-18(16,17)6-2-1-5(3-12-6)7(14)15/h1-3,13H,4H2,(H,14,15). The lowest BCUT2D eigenvalue weighted by Gasteiger charge is -2.08. The number of pyridine rings is 1. The molecule has 0 bridgehead atoms. The third-order valence-electron chi connectivity index (χ3n) is 1.72. The van der Waals surface area contributed by atoms with Gasteiger partial charge in [-0.05, 0) is 12.1 Å². The highest BCUT2D eigenvalue weighted by Gasteiger charge is 2.30. The maximum absolute atomic E-state index is 11.8. The molecule has 1 aromatic rings. The van der Waals surface area contributed by atoms with Crippen LogP contribution >= 0.6 is 0 Å². The molecule has 2 N–H and O–H groups in total. The van der Waals surface area contributed by atoms with E-state index < -0.39 is 33.7 Å². The molecule has 0 saturated carbocycles. The lowest BCUT2D eigenvalue weighted by Crippen LogP contribution is -2.34. The minimum absolute atomic E-state index is 0.273. The summed E-state index contributed by atoms with van der Waals surface area (Å²) in [5, 5.41) is 7.85. The summed E-state index contributed by atoms with van der Waals surface area (Å²) < 4.78 is 59.5. The van der Waals surface area contributed by atoms with E-state index in [1.165, 1.54) is 4.72 Å². The Morgan fingerprint density at radius 1 is 1.39 bits per heavy atom. The number of carboxylic acid groups (broad SMARTS) is 1. The summed E-state index contributed by atoms with van der Waals surface area (Å²) in [6.45, 7) is -1.72. The molecule has 0 aliphatic heterocycles. The number of halogens is 3. The first-order chi connectivity index (χ1) is 8.12. The molecule has 6 nitrogen and oxygen atoms in total. The van der Waals surface area contributed by atoms with Gasteiger partial charge in [-0.3, -0.25) is 0 Å². The highest BCUT2D eigenvalue weighted by molar-refractivity contribution is 7.89. The lowest BCUT2D eigenvalue weighted by atomic mass is 10.3. The first kappa shape index (κ1) is 14.4. The maximum atomic E-state index is 11.8. The molecule has 0 aliphatic rings. The zero-order valence-electron chi connectivity index (χ0n) is 8.60. The van der Waals surface area contributed by atoms with Gasteiger partial charge in [0.05, 0.1) is 5.56 Å². The van der Waals surface area contributed by atoms with Gasteiger partial charge in [0.15, 0.2) is 5.03 Å². The molecule has 1 rings (SSSR count). The van der Waals surface area contributed by atoms with Gasteiger partial charge in [-0.1, -0.05) is 0 Å². The molecule has 100 valence electrons. The van der Waals surface area contributed by atoms with E-state index in [2.05, 4.69) is 4.98 Å². The number of hydrogen-bond acceptors (Lipinski definition) is 4. The van der Waals surface area contributed by atoms with Crippen molar-refractivity contribution in [1.29, 1.82) is 0 Å². The molecule has 0 amide bonds. The molecular weight excluding hydrogens is 277 g/mol. The van der Waals surface area contributed by atoms with Gasteiger partial charge in [0, 0.05) is 6.20 Å². The topological polar surface area (TPSA) is 96.4 Å². The monoisotopic (exact) mass is 284 g/mol. The van der Waals surface area contributed by atoms with Crippen LogP contribution in [0, 0.1) is 0 Å². The maximum Gasteiger partial charge on any atom is 0.402 e. The molecule has 0 atom stereocenters. The van der Waals surface area contributed by atoms with Gasteiger partial charge < -0.3 is 5.11 Å². The number of sulfonamides is 1. The fraction of sp³-hybridized carbons (Fsp3) is 0.250. The van der Waals surface area contributed by atoms with E-state index in [4.69, 9.17) is 5.11 Å². The Bertz CT molecular complexity index is 538. The third-order valence-corrected chi connectivity index (χ3v) is 3.04. The number of aromatic carboxylic acids is 1. The lowest BCUT2D eigenvalue weighted by molar-refractivity contribution is -0.121. The Morgan fingerprint density at radius 2 is 2.00 bits per heavy atom. The molecule has 0 spiro atoms. The summed E-state index contributed by atoms with van der Waals surface area (Å²) in [5.41, 5.74) is -0.273. The highest BCUT2D eigenvalue weighted by Crippen LogP contribution is 2.14. The van der Waals surface area contributed by atoms with E-state index in [-0.39, 0.29) is 5.56 Å². The average Bonchev–Trinajstić information content (AvgIpc) is 2.26. The molecule has 0 aliphatic carbocycles. The molecule has 1 heterocycles. The van der Waals surface area contributed by atoms with Crippen molar-refractivity contribution in [3.63, 3.8) is 0 Å². The van der Waals surface area contributed by atoms with Gasteiger partial charge in [-0.2, -0.15) is 13.2 Å². The van der Waals surface area contributed by atoms with Crippen molar-refractivity contribution in [1.82, 2.24) is 9.71 Å². The van der Waals surface area contributed by atoms with E-state index >= 15 is 0 Å². The van der Waals surface area contributed by atoms with Gasteiger partial charge >= 0.3 is 12.1 Å². The van der Waals surface area contributed by atoms with E-state index in [0.717, 1.165) is 18.3 Å². The summed E-state index contributed by atoms with van der Waals surface area (Å²) in [4.78, 5) is 13.7. The second-order valence-electron chi connectivity index (χ2n) is 3.13. The number of rotatable bonds is 4. The summed E-state index contributed by atoms with van der Waals surface area (Å²) in [5.74, 6) is -1.32. The Balaban J connectivity index is 2.89. The minimum atomic E-state index is -4.69. The normalized spacial score (nSPS) is 12.4. The smallest absolute Gasteiger partial charge is 0.402 e. The van der Waals surface area contributed by atoms with Crippen molar-refractivity contribution in [3.05, 3.63) is 23.9 Å². The molecule has 0 unspecified atom stereocenters. The molecule has 0 saturated heterocycles. The number of carbonyl (C=O) groups is 1. The van der Waals surface area contributed by atoms with Gasteiger partial charge in [-0.15, -0.1) is 0 Å². The van der Waals surface area contributed by atoms with Gasteiger partial charge in [-0.25, -0.2) is 22.9 Å². The van der Waals surface area contributed by atoms with Crippen molar-refractivity contribution >= 4 is 16.0 Å². The number of alkyl halides is 3. The molecule has 0 aromatic carbocycles. The van der Waals surface area contributed by atoms with Crippen LogP contribution in [0.5, 0.6) is 0 Å². The van der Waals surface area contributed by atoms with E-state index in [9.17, 15) is 26.4 Å². The Labute approximate surface area is 99.5 Å². The Hall–Kier alpha value is -1.68. The van der Waals surface area contributed by atoms with Crippen molar-refractivity contribution in [2.75, 3.05) is 6.54 Å². The largest absolute Gasteiger partial charge is 0.478 e. The van der Waals surface area contributed by atoms with Crippen LogP contribution in [0.4, 0.5) is 13.2 Å². The Kier molecular flexibility index (Phi) is 3.92. The van der Waals surface area contributed by atoms with Crippen LogP contribution in [0.3, 0.4) is 0 Å². The Morgan fingerprint density at radius 3 is 2.39 bits per heavy atom. The second-order valence-corrected chi connectivity index (χ2v) is 4.84. The number of carboxylic acids is 1. The summed E-state index contributed by atoms with van der Waals surface area (Å²) in [7, 11) is -4.41. The number of aromatic nitrogens is 1. The van der Waals surface area contributed by atoms with Crippen LogP contribution in [-0.2, 0) is 10.0 Å². The van der Waals surface area contributed by atoms with E-state index in [1.807, 2.05) is 0 Å². The molecule has 1 aromatic heterocycles. The molecular formula is C8H7F3N2O4S. The van der Waals surface area contributed by atoms with E-state index in [1.54, 1.807) is 0 Å². The highest BCUT2D eigenvalue weighted by atomic mass is 32.2. The van der Waals surface area contributed by atoms with Crippen molar-refractivity contribution < 1.29 is 31.5 Å². The molecule has 0 fully saturated rings. The van der Waals surface area contributed by atoms with Crippen molar-refractivity contribution in [2.45, 2.75) is 11.2 Å². The predicted octanol–water partition coefficient (Wildman–Crippen LogP) is 0.620. The van der Waals surface area contributed by atoms with Crippen LogP contribution < -0.4 is 4.72 Å². The van der Waals surface area contributed by atoms with Gasteiger partial charge in [0.2, 0.25) is 0 Å². The van der Waals surface area contributed by atoms with Crippen LogP contribution in [0.2, 0.25) is 0 Å². The van der Waals surface area contributed by atoms with Gasteiger partial charge in [0.25, 0.3) is 10.0 Å².